The molecule has 0 aromatic heterocycles. The second-order valence-electron chi connectivity index (χ2n) is 5.31. The van der Waals surface area contributed by atoms with Crippen LogP contribution in [0.25, 0.3) is 0 Å². The molecule has 2 aliphatic heterocycles. The Morgan fingerprint density at radius 2 is 2.00 bits per heavy atom. The number of nitrogens with one attached hydrogen (secondary N) is 2. The third kappa shape index (κ3) is 3.36. The van der Waals surface area contributed by atoms with E-state index in [1.165, 1.54) is 0 Å². The Balaban J connectivity index is 1.53. The minimum Gasteiger partial charge on any atom is -0.346 e. The zero-order chi connectivity index (χ0) is 13.8. The van der Waals surface area contributed by atoms with Crippen LogP contribution in [0.15, 0.2) is 24.3 Å². The van der Waals surface area contributed by atoms with Crippen LogP contribution in [0.5, 0.6) is 0 Å². The van der Waals surface area contributed by atoms with Gasteiger partial charge >= 0.3 is 0 Å². The molecule has 1 unspecified atom stereocenters. The molecule has 0 radical (unpaired) electrons. The summed E-state index contributed by atoms with van der Waals surface area (Å²) in [4.78, 5) is 11.9. The van der Waals surface area contributed by atoms with E-state index in [0.29, 0.717) is 25.6 Å². The van der Waals surface area contributed by atoms with E-state index in [0.717, 1.165) is 30.8 Å². The largest absolute Gasteiger partial charge is 0.346 e. The van der Waals surface area contributed by atoms with Crippen LogP contribution >= 0.6 is 0 Å². The number of hydrogen-bond donors (Lipinski definition) is 2. The van der Waals surface area contributed by atoms with Gasteiger partial charge in [0.1, 0.15) is 0 Å². The molecular formula is C15H20N2O3. The predicted molar refractivity (Wildman–Crippen MR) is 75.3 cm³/mol. The van der Waals surface area contributed by atoms with Crippen LogP contribution in [0.2, 0.25) is 0 Å². The summed E-state index contributed by atoms with van der Waals surface area (Å²) in [6.07, 6.45) is 1.41. The highest BCUT2D eigenvalue weighted by molar-refractivity contribution is 5.90. The molecule has 5 heteroatoms. The smallest absolute Gasteiger partial charge is 0.224 e. The molecule has 2 saturated heterocycles. The fourth-order valence-corrected chi connectivity index (χ4v) is 2.64. The molecule has 0 saturated carbocycles. The molecule has 108 valence electrons. The number of benzene rings is 1. The Morgan fingerprint density at radius 3 is 2.65 bits per heavy atom. The molecule has 5 nitrogen and oxygen atoms in total. The van der Waals surface area contributed by atoms with Crippen molar-refractivity contribution in [2.75, 3.05) is 31.6 Å². The van der Waals surface area contributed by atoms with Crippen LogP contribution < -0.4 is 10.6 Å². The maximum atomic E-state index is 11.9. The number of carbonyl (C=O) groups is 1. The van der Waals surface area contributed by atoms with Gasteiger partial charge in [-0.15, -0.1) is 0 Å². The number of amides is 1. The molecule has 3 rings (SSSR count). The first-order chi connectivity index (χ1) is 9.81. The summed E-state index contributed by atoms with van der Waals surface area (Å²) >= 11 is 0. The van der Waals surface area contributed by atoms with E-state index < -0.39 is 0 Å². The van der Waals surface area contributed by atoms with Gasteiger partial charge in [-0.05, 0) is 37.6 Å². The summed E-state index contributed by atoms with van der Waals surface area (Å²) in [5, 5.41) is 6.21. The maximum Gasteiger partial charge on any atom is 0.224 e. The molecule has 2 N–H and O–H groups in total. The zero-order valence-corrected chi connectivity index (χ0v) is 11.4. The number of hydrogen-bond acceptors (Lipinski definition) is 4. The minimum atomic E-state index is -0.260. The quantitative estimate of drug-likeness (QED) is 0.878. The Hall–Kier alpha value is -1.43. The van der Waals surface area contributed by atoms with E-state index in [-0.39, 0.29) is 12.2 Å². The first kappa shape index (κ1) is 13.5. The van der Waals surface area contributed by atoms with Crippen molar-refractivity contribution in [3.05, 3.63) is 29.8 Å². The van der Waals surface area contributed by atoms with Crippen molar-refractivity contribution in [3.63, 3.8) is 0 Å². The molecule has 0 bridgehead atoms. The molecule has 20 heavy (non-hydrogen) atoms. The molecule has 0 aliphatic carbocycles. The van der Waals surface area contributed by atoms with Crippen molar-refractivity contribution < 1.29 is 14.3 Å². The van der Waals surface area contributed by atoms with Gasteiger partial charge in [0, 0.05) is 17.7 Å². The predicted octanol–water partition coefficient (Wildman–Crippen LogP) is 1.67. The zero-order valence-electron chi connectivity index (χ0n) is 11.4. The van der Waals surface area contributed by atoms with E-state index in [2.05, 4.69) is 10.6 Å². The van der Waals surface area contributed by atoms with Crippen molar-refractivity contribution in [2.24, 2.45) is 5.92 Å². The standard InChI is InChI=1S/C15H20N2O3/c18-14(9-11-5-6-16-10-11)17-13-3-1-12(2-4-13)15-19-7-8-20-15/h1-4,11,15-16H,5-10H2,(H,17,18). The van der Waals surface area contributed by atoms with Gasteiger partial charge in [0.25, 0.3) is 0 Å². The highest BCUT2D eigenvalue weighted by Gasteiger charge is 2.19. The van der Waals surface area contributed by atoms with E-state index in [9.17, 15) is 4.79 Å². The van der Waals surface area contributed by atoms with Gasteiger partial charge in [-0.2, -0.15) is 0 Å². The van der Waals surface area contributed by atoms with Crippen LogP contribution in [-0.4, -0.2) is 32.2 Å². The first-order valence-electron chi connectivity index (χ1n) is 7.15. The van der Waals surface area contributed by atoms with E-state index in [1.807, 2.05) is 24.3 Å². The van der Waals surface area contributed by atoms with Gasteiger partial charge in [0.15, 0.2) is 6.29 Å². The molecule has 2 heterocycles. The fraction of sp³-hybridized carbons (Fsp3) is 0.533. The van der Waals surface area contributed by atoms with Gasteiger partial charge in [0.05, 0.1) is 13.2 Å². The van der Waals surface area contributed by atoms with Crippen molar-refractivity contribution in [1.82, 2.24) is 5.32 Å². The van der Waals surface area contributed by atoms with Crippen LogP contribution in [0.4, 0.5) is 5.69 Å². The summed E-state index contributed by atoms with van der Waals surface area (Å²) in [7, 11) is 0. The Kier molecular flexibility index (Phi) is 4.30. The summed E-state index contributed by atoms with van der Waals surface area (Å²) < 4.78 is 10.9. The van der Waals surface area contributed by atoms with Crippen LogP contribution in [0.1, 0.15) is 24.7 Å². The van der Waals surface area contributed by atoms with Crippen LogP contribution in [0.3, 0.4) is 0 Å². The summed E-state index contributed by atoms with van der Waals surface area (Å²) in [6.45, 7) is 3.24. The third-order valence-corrected chi connectivity index (χ3v) is 3.72. The second kappa shape index (κ2) is 6.35. The molecule has 2 fully saturated rings. The number of carbonyl (C=O) groups excluding carboxylic acids is 1. The lowest BCUT2D eigenvalue weighted by molar-refractivity contribution is -0.116. The van der Waals surface area contributed by atoms with Crippen molar-refractivity contribution >= 4 is 11.6 Å². The van der Waals surface area contributed by atoms with E-state index in [4.69, 9.17) is 9.47 Å². The lowest BCUT2D eigenvalue weighted by Crippen LogP contribution is -2.18. The van der Waals surface area contributed by atoms with Crippen LogP contribution in [0, 0.1) is 5.92 Å². The Bertz CT molecular complexity index is 449. The molecule has 1 amide bonds. The Labute approximate surface area is 118 Å². The normalized spacial score (nSPS) is 23.1. The molecule has 1 atom stereocenters. The van der Waals surface area contributed by atoms with Crippen molar-refractivity contribution in [3.8, 4) is 0 Å². The van der Waals surface area contributed by atoms with Crippen molar-refractivity contribution in [2.45, 2.75) is 19.1 Å². The van der Waals surface area contributed by atoms with Gasteiger partial charge < -0.3 is 20.1 Å². The molecule has 0 spiro atoms. The maximum absolute atomic E-state index is 11.9. The molecule has 1 aromatic rings. The Morgan fingerprint density at radius 1 is 1.25 bits per heavy atom. The number of rotatable bonds is 4. The van der Waals surface area contributed by atoms with Gasteiger partial charge in [-0.3, -0.25) is 4.79 Å². The highest BCUT2D eigenvalue weighted by Crippen LogP contribution is 2.24. The van der Waals surface area contributed by atoms with Gasteiger partial charge in [0.2, 0.25) is 5.91 Å². The summed E-state index contributed by atoms with van der Waals surface area (Å²) in [6, 6.07) is 7.65. The van der Waals surface area contributed by atoms with Gasteiger partial charge in [-0.25, -0.2) is 0 Å². The molecule has 1 aromatic carbocycles. The third-order valence-electron chi connectivity index (χ3n) is 3.72. The summed E-state index contributed by atoms with van der Waals surface area (Å²) in [5.74, 6) is 0.550. The van der Waals surface area contributed by atoms with Crippen LogP contribution in [-0.2, 0) is 14.3 Å². The molecular weight excluding hydrogens is 256 g/mol. The molecule has 2 aliphatic rings. The van der Waals surface area contributed by atoms with Crippen molar-refractivity contribution in [1.29, 1.82) is 0 Å². The highest BCUT2D eigenvalue weighted by atomic mass is 16.7. The monoisotopic (exact) mass is 276 g/mol. The fourth-order valence-electron chi connectivity index (χ4n) is 2.64. The number of ether oxygens (including phenoxy) is 2. The minimum absolute atomic E-state index is 0.0832. The van der Waals surface area contributed by atoms with E-state index >= 15 is 0 Å². The lowest BCUT2D eigenvalue weighted by Gasteiger charge is -2.11. The SMILES string of the molecule is O=C(CC1CCNC1)Nc1ccc(C2OCCO2)cc1. The average Bonchev–Trinajstić information content (AvgIpc) is 3.12. The van der Waals surface area contributed by atoms with E-state index in [1.54, 1.807) is 0 Å². The first-order valence-corrected chi connectivity index (χ1v) is 7.15. The number of anilines is 1. The average molecular weight is 276 g/mol. The lowest BCUT2D eigenvalue weighted by atomic mass is 10.0. The van der Waals surface area contributed by atoms with Gasteiger partial charge in [-0.1, -0.05) is 12.1 Å². The second-order valence-corrected chi connectivity index (χ2v) is 5.31. The summed E-state index contributed by atoms with van der Waals surface area (Å²) in [5.41, 5.74) is 1.81. The topological polar surface area (TPSA) is 59.6 Å².